The van der Waals surface area contributed by atoms with Gasteiger partial charge in [0.25, 0.3) is 0 Å². The van der Waals surface area contributed by atoms with Gasteiger partial charge in [-0.2, -0.15) is 0 Å². The van der Waals surface area contributed by atoms with Gasteiger partial charge in [-0.15, -0.1) is 0 Å². The number of hydrogen-bond donors (Lipinski definition) is 0. The minimum absolute atomic E-state index is 0.808. The average Bonchev–Trinajstić information content (AvgIpc) is 2.99. The molecule has 0 N–H and O–H groups in total. The first-order valence-electron chi connectivity index (χ1n) is 7.30. The predicted octanol–water partition coefficient (Wildman–Crippen LogP) is 4.25. The SMILES string of the molecule is CC1(C2C3CCC2CC3)C2CCC1CC2. The molecule has 0 radical (unpaired) electrons. The summed E-state index contributed by atoms with van der Waals surface area (Å²) >= 11 is 0. The number of hydrogen-bond acceptors (Lipinski definition) is 0. The maximum Gasteiger partial charge on any atom is -0.0236 e. The van der Waals surface area contributed by atoms with Gasteiger partial charge in [-0.05, 0) is 86.4 Å². The summed E-state index contributed by atoms with van der Waals surface area (Å²) in [5.74, 6) is 5.74. The topological polar surface area (TPSA) is 0 Å². The fraction of sp³-hybridized carbons (Fsp3) is 1.00. The summed E-state index contributed by atoms with van der Waals surface area (Å²) < 4.78 is 0. The van der Waals surface area contributed by atoms with Crippen molar-refractivity contribution >= 4 is 0 Å². The van der Waals surface area contributed by atoms with E-state index < -0.39 is 0 Å². The van der Waals surface area contributed by atoms with Crippen molar-refractivity contribution < 1.29 is 0 Å². The van der Waals surface area contributed by atoms with Crippen molar-refractivity contribution in [2.75, 3.05) is 0 Å². The molecule has 0 unspecified atom stereocenters. The normalized spacial score (nSPS) is 61.8. The Labute approximate surface area is 93.8 Å². The highest BCUT2D eigenvalue weighted by molar-refractivity contribution is 5.10. The van der Waals surface area contributed by atoms with Gasteiger partial charge in [0.2, 0.25) is 0 Å². The van der Waals surface area contributed by atoms with Crippen molar-refractivity contribution in [3.05, 3.63) is 0 Å². The molecule has 4 rings (SSSR count). The molecule has 4 fully saturated rings. The quantitative estimate of drug-likeness (QED) is 0.599. The van der Waals surface area contributed by atoms with E-state index in [1.54, 1.807) is 51.4 Å². The number of fused-ring (bicyclic) bond motifs is 5. The average molecular weight is 204 g/mol. The molecule has 0 heteroatoms. The molecule has 4 aliphatic carbocycles. The van der Waals surface area contributed by atoms with E-state index in [1.165, 1.54) is 0 Å². The van der Waals surface area contributed by atoms with E-state index in [2.05, 4.69) is 6.92 Å². The molecule has 0 aromatic rings. The lowest BCUT2D eigenvalue weighted by atomic mass is 9.65. The van der Waals surface area contributed by atoms with E-state index in [9.17, 15) is 0 Å². The van der Waals surface area contributed by atoms with Crippen LogP contribution in [0.4, 0.5) is 0 Å². The Morgan fingerprint density at radius 1 is 0.667 bits per heavy atom. The zero-order chi connectivity index (χ0) is 10.0. The second kappa shape index (κ2) is 2.81. The molecule has 0 spiro atoms. The summed E-state index contributed by atoms with van der Waals surface area (Å²) in [7, 11) is 0. The van der Waals surface area contributed by atoms with Crippen LogP contribution in [0.3, 0.4) is 0 Å². The third-order valence-corrected chi connectivity index (χ3v) is 7.04. The van der Waals surface area contributed by atoms with Crippen LogP contribution >= 0.6 is 0 Å². The van der Waals surface area contributed by atoms with Gasteiger partial charge >= 0.3 is 0 Å². The molecule has 0 aromatic carbocycles. The van der Waals surface area contributed by atoms with Crippen molar-refractivity contribution in [1.29, 1.82) is 0 Å². The Balaban J connectivity index is 1.72. The zero-order valence-corrected chi connectivity index (χ0v) is 10.0. The van der Waals surface area contributed by atoms with Gasteiger partial charge < -0.3 is 0 Å². The molecule has 0 nitrogen and oxygen atoms in total. The number of rotatable bonds is 1. The van der Waals surface area contributed by atoms with E-state index in [1.807, 2.05) is 0 Å². The van der Waals surface area contributed by atoms with Gasteiger partial charge in [0.1, 0.15) is 0 Å². The largest absolute Gasteiger partial charge is 0.0588 e. The van der Waals surface area contributed by atoms with Gasteiger partial charge in [-0.25, -0.2) is 0 Å². The van der Waals surface area contributed by atoms with Gasteiger partial charge in [-0.3, -0.25) is 0 Å². The highest BCUT2D eigenvalue weighted by Crippen LogP contribution is 2.69. The summed E-state index contributed by atoms with van der Waals surface area (Å²) in [6, 6.07) is 0. The van der Waals surface area contributed by atoms with E-state index in [-0.39, 0.29) is 0 Å². The molecule has 15 heavy (non-hydrogen) atoms. The smallest absolute Gasteiger partial charge is 0.0236 e. The van der Waals surface area contributed by atoms with Crippen LogP contribution in [-0.2, 0) is 0 Å². The molecule has 0 aliphatic heterocycles. The highest BCUT2D eigenvalue weighted by atomic mass is 14.7. The van der Waals surface area contributed by atoms with Crippen molar-refractivity contribution in [2.45, 2.75) is 58.3 Å². The Hall–Kier alpha value is 0. The summed E-state index contributed by atoms with van der Waals surface area (Å²) in [5.41, 5.74) is 0.808. The molecule has 84 valence electrons. The maximum absolute atomic E-state index is 2.70. The standard InChI is InChI=1S/C15H24/c1-15(12-6-7-13(15)9-8-12)14-10-2-3-11(14)5-4-10/h10-14H,2-9H2,1H3. The van der Waals surface area contributed by atoms with E-state index in [0.29, 0.717) is 0 Å². The third-order valence-electron chi connectivity index (χ3n) is 7.04. The Morgan fingerprint density at radius 2 is 1.07 bits per heavy atom. The van der Waals surface area contributed by atoms with E-state index in [0.717, 1.165) is 35.0 Å². The molecule has 4 aliphatic rings. The molecular weight excluding hydrogens is 180 g/mol. The van der Waals surface area contributed by atoms with Crippen LogP contribution in [0.25, 0.3) is 0 Å². The Bertz CT molecular complexity index is 240. The van der Waals surface area contributed by atoms with Gasteiger partial charge in [0.05, 0.1) is 0 Å². The first-order valence-corrected chi connectivity index (χ1v) is 7.30. The molecule has 0 heterocycles. The summed E-state index contributed by atoms with van der Waals surface area (Å²) in [5, 5.41) is 0. The van der Waals surface area contributed by atoms with Gasteiger partial charge in [0.15, 0.2) is 0 Å². The minimum Gasteiger partial charge on any atom is -0.0588 e. The monoisotopic (exact) mass is 204 g/mol. The van der Waals surface area contributed by atoms with Crippen LogP contribution in [-0.4, -0.2) is 0 Å². The summed E-state index contributed by atoms with van der Waals surface area (Å²) in [4.78, 5) is 0. The van der Waals surface area contributed by atoms with E-state index >= 15 is 0 Å². The molecule has 0 atom stereocenters. The van der Waals surface area contributed by atoms with Crippen LogP contribution in [0.5, 0.6) is 0 Å². The van der Waals surface area contributed by atoms with Crippen LogP contribution < -0.4 is 0 Å². The highest BCUT2D eigenvalue weighted by Gasteiger charge is 2.60. The second-order valence-electron chi connectivity index (χ2n) is 7.12. The lowest BCUT2D eigenvalue weighted by Crippen LogP contribution is -2.35. The fourth-order valence-corrected chi connectivity index (χ4v) is 6.48. The molecule has 4 bridgehead atoms. The van der Waals surface area contributed by atoms with Crippen LogP contribution in [0.15, 0.2) is 0 Å². The van der Waals surface area contributed by atoms with Crippen molar-refractivity contribution in [3.63, 3.8) is 0 Å². The van der Waals surface area contributed by atoms with Gasteiger partial charge in [-0.1, -0.05) is 6.92 Å². The van der Waals surface area contributed by atoms with Crippen molar-refractivity contribution in [3.8, 4) is 0 Å². The molecule has 0 aromatic heterocycles. The van der Waals surface area contributed by atoms with E-state index in [4.69, 9.17) is 0 Å². The molecule has 0 saturated heterocycles. The van der Waals surface area contributed by atoms with Gasteiger partial charge in [0, 0.05) is 0 Å². The Morgan fingerprint density at radius 3 is 1.47 bits per heavy atom. The van der Waals surface area contributed by atoms with Crippen LogP contribution in [0, 0.1) is 35.0 Å². The van der Waals surface area contributed by atoms with Crippen molar-refractivity contribution in [1.82, 2.24) is 0 Å². The maximum atomic E-state index is 2.70. The summed E-state index contributed by atoms with van der Waals surface area (Å²) in [6.07, 6.45) is 12.7. The third kappa shape index (κ3) is 0.953. The van der Waals surface area contributed by atoms with Crippen molar-refractivity contribution in [2.24, 2.45) is 35.0 Å². The lowest BCUT2D eigenvalue weighted by molar-refractivity contribution is 0.0786. The first-order chi connectivity index (χ1) is 7.30. The predicted molar refractivity (Wildman–Crippen MR) is 62.5 cm³/mol. The molecular formula is C15H24. The fourth-order valence-electron chi connectivity index (χ4n) is 6.48. The second-order valence-corrected chi connectivity index (χ2v) is 7.12. The molecule has 4 saturated carbocycles. The summed E-state index contributed by atoms with van der Waals surface area (Å²) in [6.45, 7) is 2.70. The Kier molecular flexibility index (Phi) is 1.70. The van der Waals surface area contributed by atoms with Crippen LogP contribution in [0.1, 0.15) is 58.3 Å². The van der Waals surface area contributed by atoms with Crippen LogP contribution in [0.2, 0.25) is 0 Å². The minimum atomic E-state index is 0.808. The zero-order valence-electron chi connectivity index (χ0n) is 10.0. The molecule has 0 amide bonds. The lowest BCUT2D eigenvalue weighted by Gasteiger charge is -2.40. The first kappa shape index (κ1) is 9.07.